The fraction of sp³-hybridized carbons (Fsp3) is 0.571. The maximum absolute atomic E-state index is 4.61. The Labute approximate surface area is 113 Å². The van der Waals surface area contributed by atoms with Crippen LogP contribution in [0.3, 0.4) is 0 Å². The summed E-state index contributed by atoms with van der Waals surface area (Å²) in [4.78, 5) is 7.05. The average molecular weight is 259 g/mol. The van der Waals surface area contributed by atoms with Crippen LogP contribution in [0.4, 0.5) is 5.82 Å². The van der Waals surface area contributed by atoms with Gasteiger partial charge in [-0.25, -0.2) is 9.50 Å². The predicted octanol–water partition coefficient (Wildman–Crippen LogP) is 1.70. The van der Waals surface area contributed by atoms with E-state index in [9.17, 15) is 0 Å². The van der Waals surface area contributed by atoms with Crippen LogP contribution in [0.1, 0.15) is 26.7 Å². The lowest BCUT2D eigenvalue weighted by molar-refractivity contribution is 0.377. The Balaban J connectivity index is 1.99. The maximum atomic E-state index is 4.61. The predicted molar refractivity (Wildman–Crippen MR) is 76.5 cm³/mol. The van der Waals surface area contributed by atoms with Gasteiger partial charge in [0.1, 0.15) is 5.52 Å². The summed E-state index contributed by atoms with van der Waals surface area (Å²) in [6, 6.07) is 3.10. The molecule has 1 aliphatic heterocycles. The molecule has 0 aliphatic carbocycles. The quantitative estimate of drug-likeness (QED) is 0.911. The topological polar surface area (TPSA) is 45.5 Å². The Morgan fingerprint density at radius 1 is 1.32 bits per heavy atom. The van der Waals surface area contributed by atoms with E-state index in [1.807, 2.05) is 29.2 Å². The number of nitrogens with one attached hydrogen (secondary N) is 1. The van der Waals surface area contributed by atoms with Gasteiger partial charge in [0, 0.05) is 37.6 Å². The van der Waals surface area contributed by atoms with Crippen molar-refractivity contribution in [2.75, 3.05) is 18.0 Å². The van der Waals surface area contributed by atoms with Gasteiger partial charge in [0.15, 0.2) is 5.82 Å². The lowest BCUT2D eigenvalue weighted by Gasteiger charge is -2.40. The lowest BCUT2D eigenvalue weighted by Crippen LogP contribution is -2.56. The molecule has 2 unspecified atom stereocenters. The Hall–Kier alpha value is -1.62. The van der Waals surface area contributed by atoms with Gasteiger partial charge in [-0.3, -0.25) is 0 Å². The summed E-state index contributed by atoms with van der Waals surface area (Å²) < 4.78 is 1.90. The van der Waals surface area contributed by atoms with Gasteiger partial charge in [0.2, 0.25) is 0 Å². The number of nitrogens with zero attached hydrogens (tertiary/aromatic N) is 4. The molecule has 102 valence electrons. The van der Waals surface area contributed by atoms with Crippen LogP contribution in [-0.4, -0.2) is 39.8 Å². The molecule has 3 rings (SSSR count). The molecule has 0 radical (unpaired) electrons. The largest absolute Gasteiger partial charge is 0.349 e. The van der Waals surface area contributed by atoms with Gasteiger partial charge in [0.25, 0.3) is 0 Å². The minimum absolute atomic E-state index is 0.511. The SMILES string of the molecule is CCC1CN(c2nccn3nccc23)C(CC)CN1. The second kappa shape index (κ2) is 5.17. The molecular weight excluding hydrogens is 238 g/mol. The van der Waals surface area contributed by atoms with Crippen molar-refractivity contribution < 1.29 is 0 Å². The second-order valence-electron chi connectivity index (χ2n) is 5.14. The summed E-state index contributed by atoms with van der Waals surface area (Å²) in [6.45, 7) is 6.52. The highest BCUT2D eigenvalue weighted by molar-refractivity contribution is 5.68. The number of hydrogen-bond acceptors (Lipinski definition) is 4. The zero-order valence-corrected chi connectivity index (χ0v) is 11.6. The number of anilines is 1. The van der Waals surface area contributed by atoms with Crippen molar-refractivity contribution in [3.8, 4) is 0 Å². The summed E-state index contributed by atoms with van der Waals surface area (Å²) in [5.74, 6) is 1.06. The molecule has 2 atom stereocenters. The normalized spacial score (nSPS) is 24.0. The maximum Gasteiger partial charge on any atom is 0.155 e. The van der Waals surface area contributed by atoms with Gasteiger partial charge in [-0.1, -0.05) is 13.8 Å². The van der Waals surface area contributed by atoms with Crippen molar-refractivity contribution in [1.82, 2.24) is 19.9 Å². The summed E-state index contributed by atoms with van der Waals surface area (Å²) in [5, 5.41) is 7.92. The molecule has 1 fully saturated rings. The average Bonchev–Trinajstić information content (AvgIpc) is 2.94. The Kier molecular flexibility index (Phi) is 3.38. The van der Waals surface area contributed by atoms with Crippen molar-refractivity contribution in [1.29, 1.82) is 0 Å². The third-order valence-electron chi connectivity index (χ3n) is 4.04. The zero-order valence-electron chi connectivity index (χ0n) is 11.6. The van der Waals surface area contributed by atoms with E-state index in [1.54, 1.807) is 0 Å². The molecule has 0 spiro atoms. The summed E-state index contributed by atoms with van der Waals surface area (Å²) in [6.07, 6.45) is 7.85. The van der Waals surface area contributed by atoms with Crippen molar-refractivity contribution in [3.63, 3.8) is 0 Å². The first-order valence-electron chi connectivity index (χ1n) is 7.11. The monoisotopic (exact) mass is 259 g/mol. The van der Waals surface area contributed by atoms with E-state index in [0.717, 1.165) is 37.3 Å². The highest BCUT2D eigenvalue weighted by Crippen LogP contribution is 2.24. The van der Waals surface area contributed by atoms with Gasteiger partial charge in [-0.2, -0.15) is 5.10 Å². The minimum atomic E-state index is 0.511. The smallest absolute Gasteiger partial charge is 0.155 e. The fourth-order valence-electron chi connectivity index (χ4n) is 2.83. The number of aromatic nitrogens is 3. The highest BCUT2D eigenvalue weighted by atomic mass is 15.3. The van der Waals surface area contributed by atoms with Crippen molar-refractivity contribution in [2.24, 2.45) is 0 Å². The first-order chi connectivity index (χ1) is 9.33. The van der Waals surface area contributed by atoms with E-state index in [4.69, 9.17) is 0 Å². The van der Waals surface area contributed by atoms with E-state index in [0.29, 0.717) is 12.1 Å². The second-order valence-corrected chi connectivity index (χ2v) is 5.14. The van der Waals surface area contributed by atoms with Crippen LogP contribution >= 0.6 is 0 Å². The lowest BCUT2D eigenvalue weighted by atomic mass is 10.1. The molecule has 0 bridgehead atoms. The van der Waals surface area contributed by atoms with Gasteiger partial charge in [-0.15, -0.1) is 0 Å². The molecule has 5 heteroatoms. The molecule has 2 aromatic rings. The molecule has 0 saturated carbocycles. The van der Waals surface area contributed by atoms with Crippen molar-refractivity contribution >= 4 is 11.3 Å². The Morgan fingerprint density at radius 2 is 2.21 bits per heavy atom. The number of rotatable bonds is 3. The molecule has 0 aromatic carbocycles. The van der Waals surface area contributed by atoms with Crippen LogP contribution in [0.2, 0.25) is 0 Å². The van der Waals surface area contributed by atoms with Crippen LogP contribution in [0.25, 0.3) is 5.52 Å². The Bertz CT molecular complexity index is 550. The Morgan fingerprint density at radius 3 is 3.00 bits per heavy atom. The van der Waals surface area contributed by atoms with Crippen LogP contribution in [0.5, 0.6) is 0 Å². The minimum Gasteiger partial charge on any atom is -0.349 e. The molecule has 1 N–H and O–H groups in total. The molecule has 5 nitrogen and oxygen atoms in total. The molecule has 1 aliphatic rings. The van der Waals surface area contributed by atoms with E-state index < -0.39 is 0 Å². The van der Waals surface area contributed by atoms with E-state index in [1.165, 1.54) is 0 Å². The van der Waals surface area contributed by atoms with Crippen LogP contribution in [0, 0.1) is 0 Å². The first-order valence-corrected chi connectivity index (χ1v) is 7.11. The van der Waals surface area contributed by atoms with Gasteiger partial charge in [-0.05, 0) is 18.9 Å². The standard InChI is InChI=1S/C14H21N5/c1-3-11-10-18(12(4-2)9-16-11)14-13-5-6-17-19(13)8-7-15-14/h5-8,11-12,16H,3-4,9-10H2,1-2H3. The van der Waals surface area contributed by atoms with E-state index in [-0.39, 0.29) is 0 Å². The third-order valence-corrected chi connectivity index (χ3v) is 4.04. The molecule has 0 amide bonds. The molecule has 2 aromatic heterocycles. The van der Waals surface area contributed by atoms with Crippen LogP contribution in [-0.2, 0) is 0 Å². The number of fused-ring (bicyclic) bond motifs is 1. The zero-order chi connectivity index (χ0) is 13.2. The highest BCUT2D eigenvalue weighted by Gasteiger charge is 2.28. The van der Waals surface area contributed by atoms with Crippen LogP contribution < -0.4 is 10.2 Å². The molecule has 3 heterocycles. The van der Waals surface area contributed by atoms with Crippen LogP contribution in [0.15, 0.2) is 24.7 Å². The summed E-state index contributed by atoms with van der Waals surface area (Å²) in [7, 11) is 0. The molecule has 19 heavy (non-hydrogen) atoms. The van der Waals surface area contributed by atoms with Crippen molar-refractivity contribution in [3.05, 3.63) is 24.7 Å². The van der Waals surface area contributed by atoms with Crippen molar-refractivity contribution in [2.45, 2.75) is 38.8 Å². The van der Waals surface area contributed by atoms with Gasteiger partial charge >= 0.3 is 0 Å². The number of hydrogen-bond donors (Lipinski definition) is 1. The first kappa shape index (κ1) is 12.4. The summed E-state index contributed by atoms with van der Waals surface area (Å²) in [5.41, 5.74) is 1.10. The molecule has 1 saturated heterocycles. The van der Waals surface area contributed by atoms with E-state index >= 15 is 0 Å². The van der Waals surface area contributed by atoms with Gasteiger partial charge in [0.05, 0.1) is 6.20 Å². The molecular formula is C14H21N5. The third kappa shape index (κ3) is 2.18. The van der Waals surface area contributed by atoms with E-state index in [2.05, 4.69) is 34.1 Å². The fourth-order valence-corrected chi connectivity index (χ4v) is 2.83. The summed E-state index contributed by atoms with van der Waals surface area (Å²) >= 11 is 0. The van der Waals surface area contributed by atoms with Gasteiger partial charge < -0.3 is 10.2 Å². The number of piperazine rings is 1.